The zero-order chi connectivity index (χ0) is 26.3. The number of halogens is 3. The highest BCUT2D eigenvalue weighted by Gasteiger charge is 2.34. The van der Waals surface area contributed by atoms with Crippen molar-refractivity contribution in [3.63, 3.8) is 0 Å². The van der Waals surface area contributed by atoms with E-state index in [9.17, 15) is 13.2 Å². The fourth-order valence-corrected chi connectivity index (χ4v) is 4.58. The summed E-state index contributed by atoms with van der Waals surface area (Å²) in [5.41, 5.74) is 10.0. The number of aryl methyl sites for hydroxylation is 1. The highest BCUT2D eigenvalue weighted by molar-refractivity contribution is 5.61. The first kappa shape index (κ1) is 26.2. The van der Waals surface area contributed by atoms with Crippen LogP contribution in [0.4, 0.5) is 13.2 Å². The molecule has 37 heavy (non-hydrogen) atoms. The first-order chi connectivity index (χ1) is 17.9. The molecule has 192 valence electrons. The predicted octanol–water partition coefficient (Wildman–Crippen LogP) is 5.54. The zero-order valence-electron chi connectivity index (χ0n) is 20.3. The molecule has 0 aliphatic carbocycles. The predicted molar refractivity (Wildman–Crippen MR) is 132 cm³/mol. The number of piperidine rings is 1. The van der Waals surface area contributed by atoms with E-state index in [2.05, 4.69) is 37.1 Å². The molecule has 0 spiro atoms. The van der Waals surface area contributed by atoms with Crippen LogP contribution in [0.15, 0.2) is 59.8 Å². The normalized spacial score (nSPS) is 18.1. The lowest BCUT2D eigenvalue weighted by molar-refractivity contribution is -0.137. The van der Waals surface area contributed by atoms with Gasteiger partial charge in [0.1, 0.15) is 0 Å². The van der Waals surface area contributed by atoms with E-state index >= 15 is 0 Å². The topological polar surface area (TPSA) is 91.9 Å². The van der Waals surface area contributed by atoms with E-state index in [4.69, 9.17) is 10.3 Å². The molecule has 0 radical (unpaired) electrons. The third kappa shape index (κ3) is 6.68. The minimum Gasteiger partial charge on any atom is -0.372 e. The number of ether oxygens (including phenoxy) is 1. The van der Waals surface area contributed by atoms with Gasteiger partial charge in [-0.05, 0) is 54.2 Å². The van der Waals surface area contributed by atoms with Crippen LogP contribution in [0, 0.1) is 11.8 Å². The second-order valence-corrected chi connectivity index (χ2v) is 8.72. The Morgan fingerprint density at radius 2 is 2.00 bits per heavy atom. The Bertz CT molecular complexity index is 1310. The fraction of sp³-hybridized carbons (Fsp3) is 0.385. The van der Waals surface area contributed by atoms with Gasteiger partial charge in [-0.1, -0.05) is 52.5 Å². The first-order valence-corrected chi connectivity index (χ1v) is 11.8. The number of aromatic nitrogens is 3. The summed E-state index contributed by atoms with van der Waals surface area (Å²) < 4.78 is 48.8. The lowest BCUT2D eigenvalue weighted by Crippen LogP contribution is -2.43. The Hall–Kier alpha value is -3.84. The van der Waals surface area contributed by atoms with Crippen LogP contribution >= 0.6 is 0 Å². The molecule has 0 amide bonds. The van der Waals surface area contributed by atoms with Gasteiger partial charge in [-0.15, -0.1) is 5.10 Å². The van der Waals surface area contributed by atoms with Crippen LogP contribution in [0.2, 0.25) is 0 Å². The van der Waals surface area contributed by atoms with E-state index in [-0.39, 0.29) is 25.3 Å². The molecule has 1 saturated heterocycles. The van der Waals surface area contributed by atoms with Crippen molar-refractivity contribution in [3.05, 3.63) is 81.9 Å². The highest BCUT2D eigenvalue weighted by atomic mass is 19.4. The summed E-state index contributed by atoms with van der Waals surface area (Å²) in [4.78, 5) is 4.91. The molecular formula is C26H26F3N7O. The summed E-state index contributed by atoms with van der Waals surface area (Å²) in [6, 6.07) is 13.7. The third-order valence-corrected chi connectivity index (χ3v) is 6.24. The van der Waals surface area contributed by atoms with Crippen LogP contribution in [-0.2, 0) is 24.6 Å². The average molecular weight is 510 g/mol. The number of hydrogen-bond donors (Lipinski definition) is 0. The van der Waals surface area contributed by atoms with Crippen molar-refractivity contribution in [2.75, 3.05) is 19.6 Å². The Morgan fingerprint density at radius 3 is 2.70 bits per heavy atom. The van der Waals surface area contributed by atoms with Crippen molar-refractivity contribution in [2.45, 2.75) is 37.8 Å². The largest absolute Gasteiger partial charge is 0.416 e. The molecule has 4 rings (SSSR count). The molecule has 0 bridgehead atoms. The van der Waals surface area contributed by atoms with Crippen LogP contribution in [0.5, 0.6) is 0 Å². The van der Waals surface area contributed by atoms with Gasteiger partial charge in [0.25, 0.3) is 0 Å². The summed E-state index contributed by atoms with van der Waals surface area (Å²) in [6.45, 7) is 1.38. The van der Waals surface area contributed by atoms with Crippen molar-refractivity contribution < 1.29 is 17.9 Å². The van der Waals surface area contributed by atoms with E-state index < -0.39 is 11.7 Å². The number of rotatable bonds is 7. The van der Waals surface area contributed by atoms with E-state index in [1.54, 1.807) is 13.1 Å². The maximum absolute atomic E-state index is 13.7. The number of nitrogens with zero attached hydrogens (tertiary/aromatic N) is 7. The van der Waals surface area contributed by atoms with Gasteiger partial charge in [-0.3, -0.25) is 4.90 Å². The fourth-order valence-electron chi connectivity index (χ4n) is 4.58. The minimum absolute atomic E-state index is 0.0204. The van der Waals surface area contributed by atoms with Crippen molar-refractivity contribution in [3.8, 4) is 23.1 Å². The lowest BCUT2D eigenvalue weighted by atomic mass is 9.92. The molecule has 2 atom stereocenters. The second-order valence-electron chi connectivity index (χ2n) is 8.72. The molecule has 2 unspecified atom stereocenters. The maximum Gasteiger partial charge on any atom is 0.416 e. The molecule has 1 aliphatic rings. The number of azide groups is 1. The smallest absolute Gasteiger partial charge is 0.372 e. The molecule has 0 N–H and O–H groups in total. The number of benzene rings is 2. The van der Waals surface area contributed by atoms with Crippen LogP contribution in [0.3, 0.4) is 0 Å². The molecule has 3 aromatic rings. The zero-order valence-corrected chi connectivity index (χ0v) is 20.3. The van der Waals surface area contributed by atoms with E-state index in [1.165, 1.54) is 10.9 Å². The second kappa shape index (κ2) is 11.9. The summed E-state index contributed by atoms with van der Waals surface area (Å²) >= 11 is 0. The van der Waals surface area contributed by atoms with Crippen molar-refractivity contribution in [1.29, 1.82) is 0 Å². The standard InChI is InChI=1S/C26H26F3N7O/c1-35-23(17-32-34-35)21-14-19(15-22(16-21)26(27,28)29)18-37-24-10-7-13-36(12-6-5-11-31-33-30)25(24)20-8-3-2-4-9-20/h2-4,8-9,14-17,24-25H,7,10-13,18H2,1H3. The van der Waals surface area contributed by atoms with Crippen LogP contribution in [0.25, 0.3) is 21.7 Å². The van der Waals surface area contributed by atoms with Gasteiger partial charge in [0.15, 0.2) is 0 Å². The molecule has 11 heteroatoms. The number of likely N-dealkylation sites (tertiary alicyclic amines) is 1. The van der Waals surface area contributed by atoms with Crippen molar-refractivity contribution in [1.82, 2.24) is 19.9 Å². The molecular weight excluding hydrogens is 483 g/mol. The summed E-state index contributed by atoms with van der Waals surface area (Å²) in [5, 5.41) is 11.1. The molecule has 1 fully saturated rings. The SMILES string of the molecule is Cn1nncc1-c1cc(COC2CCCN(CC#CCN=[N+]=[N-])C2c2ccccc2)cc(C(F)(F)F)c1. The highest BCUT2D eigenvalue weighted by Crippen LogP contribution is 2.36. The minimum atomic E-state index is -4.50. The molecule has 2 heterocycles. The molecule has 2 aromatic carbocycles. The van der Waals surface area contributed by atoms with Crippen molar-refractivity contribution >= 4 is 0 Å². The van der Waals surface area contributed by atoms with E-state index in [0.717, 1.165) is 37.1 Å². The van der Waals surface area contributed by atoms with Gasteiger partial charge in [-0.2, -0.15) is 13.2 Å². The van der Waals surface area contributed by atoms with Crippen LogP contribution in [-0.4, -0.2) is 45.6 Å². The van der Waals surface area contributed by atoms with Gasteiger partial charge in [0.05, 0.1) is 49.3 Å². The third-order valence-electron chi connectivity index (χ3n) is 6.24. The van der Waals surface area contributed by atoms with E-state index in [0.29, 0.717) is 23.4 Å². The van der Waals surface area contributed by atoms with Crippen LogP contribution < -0.4 is 0 Å². The van der Waals surface area contributed by atoms with Gasteiger partial charge < -0.3 is 4.74 Å². The van der Waals surface area contributed by atoms with Crippen molar-refractivity contribution in [2.24, 2.45) is 12.2 Å². The summed E-state index contributed by atoms with van der Waals surface area (Å²) in [6.07, 6.45) is -1.68. The van der Waals surface area contributed by atoms with Crippen LogP contribution in [0.1, 0.15) is 35.6 Å². The van der Waals surface area contributed by atoms with E-state index in [1.807, 2.05) is 30.3 Å². The Balaban J connectivity index is 1.58. The van der Waals surface area contributed by atoms with Gasteiger partial charge >= 0.3 is 6.18 Å². The lowest BCUT2D eigenvalue weighted by Gasteiger charge is -2.40. The number of alkyl halides is 3. The Kier molecular flexibility index (Phi) is 8.46. The molecule has 1 aliphatic heterocycles. The van der Waals surface area contributed by atoms with Gasteiger partial charge in [0, 0.05) is 17.5 Å². The monoisotopic (exact) mass is 509 g/mol. The summed E-state index contributed by atoms with van der Waals surface area (Å²) in [5.74, 6) is 5.90. The Morgan fingerprint density at radius 1 is 1.19 bits per heavy atom. The maximum atomic E-state index is 13.7. The average Bonchev–Trinajstić information content (AvgIpc) is 3.33. The number of hydrogen-bond acceptors (Lipinski definition) is 5. The first-order valence-electron chi connectivity index (χ1n) is 11.8. The molecule has 8 nitrogen and oxygen atoms in total. The van der Waals surface area contributed by atoms with Gasteiger partial charge in [-0.25, -0.2) is 4.68 Å². The quantitative estimate of drug-likeness (QED) is 0.181. The summed E-state index contributed by atoms with van der Waals surface area (Å²) in [7, 11) is 1.63. The van der Waals surface area contributed by atoms with Gasteiger partial charge in [0.2, 0.25) is 0 Å². The Labute approximate surface area is 212 Å². The molecule has 0 saturated carbocycles. The molecule has 1 aromatic heterocycles.